The fourth-order valence-electron chi connectivity index (χ4n) is 2.81. The Morgan fingerprint density at radius 1 is 0.879 bits per heavy atom. The highest BCUT2D eigenvalue weighted by molar-refractivity contribution is 5.88. The minimum atomic E-state index is -1.01. The van der Waals surface area contributed by atoms with Gasteiger partial charge in [-0.05, 0) is 23.0 Å². The topological polar surface area (TPSA) is 108 Å². The van der Waals surface area contributed by atoms with Crippen molar-refractivity contribution in [2.75, 3.05) is 0 Å². The number of halogens is 1. The molecule has 0 bridgehead atoms. The van der Waals surface area contributed by atoms with Gasteiger partial charge < -0.3 is 20.5 Å². The molecule has 0 aliphatic heterocycles. The molecule has 0 aliphatic carbocycles. The van der Waals surface area contributed by atoms with Crippen LogP contribution in [0.2, 0.25) is 0 Å². The van der Waals surface area contributed by atoms with Crippen LogP contribution in [0.5, 0.6) is 0 Å². The van der Waals surface area contributed by atoms with Crippen LogP contribution in [-0.2, 0) is 37.1 Å². The molecule has 0 aromatic heterocycles. The van der Waals surface area contributed by atoms with Crippen LogP contribution >= 0.6 is 12.4 Å². The molecule has 2 aromatic rings. The van der Waals surface area contributed by atoms with E-state index < -0.39 is 35.3 Å². The summed E-state index contributed by atoms with van der Waals surface area (Å²) in [6, 6.07) is 16.7. The maximum Gasteiger partial charge on any atom is 0.328 e. The quantitative estimate of drug-likeness (QED) is 0.508. The number of nitrogens with one attached hydrogen (secondary N) is 1. The van der Waals surface area contributed by atoms with E-state index in [9.17, 15) is 14.4 Å². The molecular weight excluding hydrogens is 444 g/mol. The molecule has 0 saturated heterocycles. The average molecular weight is 477 g/mol. The largest absolute Gasteiger partial charge is 0.461 e. The summed E-state index contributed by atoms with van der Waals surface area (Å²) in [7, 11) is 0. The van der Waals surface area contributed by atoms with Crippen molar-refractivity contribution in [1.82, 2.24) is 5.32 Å². The van der Waals surface area contributed by atoms with Gasteiger partial charge in [-0.2, -0.15) is 0 Å². The zero-order valence-electron chi connectivity index (χ0n) is 19.3. The highest BCUT2D eigenvalue weighted by Crippen LogP contribution is 2.18. The Bertz CT molecular complexity index is 885. The van der Waals surface area contributed by atoms with Crippen molar-refractivity contribution >= 4 is 30.3 Å². The summed E-state index contributed by atoms with van der Waals surface area (Å²) >= 11 is 0. The minimum Gasteiger partial charge on any atom is -0.461 e. The van der Waals surface area contributed by atoms with E-state index in [4.69, 9.17) is 15.2 Å². The van der Waals surface area contributed by atoms with E-state index in [0.29, 0.717) is 0 Å². The SMILES string of the molecule is CC(C)(C)[C@H](N)C(=O)N[C@@H](CCC(=O)OCc1ccccc1)C(=O)OCc1ccccc1.Cl. The van der Waals surface area contributed by atoms with Gasteiger partial charge in [-0.15, -0.1) is 12.4 Å². The molecule has 180 valence electrons. The first-order valence-corrected chi connectivity index (χ1v) is 10.6. The second-order valence-corrected chi connectivity index (χ2v) is 8.68. The summed E-state index contributed by atoms with van der Waals surface area (Å²) in [5.41, 5.74) is 7.22. The van der Waals surface area contributed by atoms with E-state index in [1.165, 1.54) is 0 Å². The van der Waals surface area contributed by atoms with Gasteiger partial charge in [-0.1, -0.05) is 81.4 Å². The normalized spacial score (nSPS) is 12.6. The van der Waals surface area contributed by atoms with Crippen molar-refractivity contribution < 1.29 is 23.9 Å². The highest BCUT2D eigenvalue weighted by Gasteiger charge is 2.31. The predicted octanol–water partition coefficient (Wildman–Crippen LogP) is 3.53. The van der Waals surface area contributed by atoms with Crippen LogP contribution in [0.1, 0.15) is 44.7 Å². The molecule has 1 amide bonds. The maximum absolute atomic E-state index is 12.7. The van der Waals surface area contributed by atoms with E-state index in [-0.39, 0.29) is 38.5 Å². The molecule has 0 aliphatic rings. The van der Waals surface area contributed by atoms with Crippen LogP contribution in [0.4, 0.5) is 0 Å². The van der Waals surface area contributed by atoms with Gasteiger partial charge in [0.25, 0.3) is 0 Å². The Labute approximate surface area is 201 Å². The molecule has 0 radical (unpaired) electrons. The van der Waals surface area contributed by atoms with Crippen molar-refractivity contribution in [1.29, 1.82) is 0 Å². The molecule has 0 saturated carbocycles. The van der Waals surface area contributed by atoms with Gasteiger partial charge in [-0.25, -0.2) is 4.79 Å². The number of rotatable bonds is 10. The van der Waals surface area contributed by atoms with Gasteiger partial charge in [-0.3, -0.25) is 9.59 Å². The monoisotopic (exact) mass is 476 g/mol. The second kappa shape index (κ2) is 13.6. The Morgan fingerprint density at radius 3 is 1.85 bits per heavy atom. The number of benzene rings is 2. The highest BCUT2D eigenvalue weighted by atomic mass is 35.5. The third kappa shape index (κ3) is 10.1. The van der Waals surface area contributed by atoms with Crippen molar-refractivity contribution in [2.24, 2.45) is 11.1 Å². The summed E-state index contributed by atoms with van der Waals surface area (Å²) in [6.45, 7) is 5.71. The van der Waals surface area contributed by atoms with E-state index >= 15 is 0 Å². The second-order valence-electron chi connectivity index (χ2n) is 8.68. The molecule has 8 heteroatoms. The zero-order valence-corrected chi connectivity index (χ0v) is 20.1. The third-order valence-electron chi connectivity index (χ3n) is 4.92. The van der Waals surface area contributed by atoms with Crippen LogP contribution in [0.3, 0.4) is 0 Å². The molecule has 0 spiro atoms. The molecule has 2 aromatic carbocycles. The van der Waals surface area contributed by atoms with Gasteiger partial charge >= 0.3 is 11.9 Å². The molecule has 0 unspecified atom stereocenters. The van der Waals surface area contributed by atoms with Crippen LogP contribution < -0.4 is 11.1 Å². The first-order chi connectivity index (χ1) is 15.2. The van der Waals surface area contributed by atoms with E-state index in [0.717, 1.165) is 11.1 Å². The Balaban J connectivity index is 0.00000544. The smallest absolute Gasteiger partial charge is 0.328 e. The standard InChI is InChI=1S/C25H32N2O5.ClH/c1-25(2,3)22(26)23(29)27-20(24(30)32-17-19-12-8-5-9-13-19)14-15-21(28)31-16-18-10-6-4-7-11-18;/h4-13,20,22H,14-17,26H2,1-3H3,(H,27,29);1H/t20-,22+;/m0./s1. The molecule has 3 N–H and O–H groups in total. The fourth-order valence-corrected chi connectivity index (χ4v) is 2.81. The van der Waals surface area contributed by atoms with E-state index in [1.54, 1.807) is 0 Å². The first-order valence-electron chi connectivity index (χ1n) is 10.6. The molecule has 0 fully saturated rings. The van der Waals surface area contributed by atoms with Crippen molar-refractivity contribution in [3.8, 4) is 0 Å². The lowest BCUT2D eigenvalue weighted by Crippen LogP contribution is -2.53. The molecule has 0 heterocycles. The van der Waals surface area contributed by atoms with Gasteiger partial charge in [0, 0.05) is 6.42 Å². The molecule has 2 rings (SSSR count). The number of amides is 1. The number of nitrogens with two attached hydrogens (primary N) is 1. The van der Waals surface area contributed by atoms with Gasteiger partial charge in [0.15, 0.2) is 0 Å². The summed E-state index contributed by atoms with van der Waals surface area (Å²) in [4.78, 5) is 37.5. The summed E-state index contributed by atoms with van der Waals surface area (Å²) in [5.74, 6) is -1.57. The molecular formula is C25H33ClN2O5. The van der Waals surface area contributed by atoms with Crippen molar-refractivity contribution in [3.05, 3.63) is 71.8 Å². The Kier molecular flexibility index (Phi) is 11.6. The van der Waals surface area contributed by atoms with Crippen molar-refractivity contribution in [2.45, 2.75) is 58.9 Å². The number of carbonyl (C=O) groups is 3. The summed E-state index contributed by atoms with van der Waals surface area (Å²) < 4.78 is 10.6. The lowest BCUT2D eigenvalue weighted by atomic mass is 9.86. The fraction of sp³-hybridized carbons (Fsp3) is 0.400. The number of ether oxygens (including phenoxy) is 2. The van der Waals surface area contributed by atoms with Crippen LogP contribution in [0, 0.1) is 5.41 Å². The summed E-state index contributed by atoms with van der Waals surface area (Å²) in [5, 5.41) is 2.64. The van der Waals surface area contributed by atoms with Gasteiger partial charge in [0.2, 0.25) is 5.91 Å². The lowest BCUT2D eigenvalue weighted by molar-refractivity contribution is -0.151. The number of hydrogen-bond donors (Lipinski definition) is 2. The number of esters is 2. The lowest BCUT2D eigenvalue weighted by Gasteiger charge is -2.27. The van der Waals surface area contributed by atoms with Crippen LogP contribution in [0.25, 0.3) is 0 Å². The molecule has 2 atom stereocenters. The van der Waals surface area contributed by atoms with Crippen LogP contribution in [-0.4, -0.2) is 29.9 Å². The first kappa shape index (κ1) is 28.1. The number of hydrogen-bond acceptors (Lipinski definition) is 6. The third-order valence-corrected chi connectivity index (χ3v) is 4.92. The summed E-state index contributed by atoms with van der Waals surface area (Å²) in [6.07, 6.45) is -0.00712. The van der Waals surface area contributed by atoms with Gasteiger partial charge in [0.05, 0.1) is 6.04 Å². The zero-order chi connectivity index (χ0) is 23.6. The molecule has 7 nitrogen and oxygen atoms in total. The van der Waals surface area contributed by atoms with E-state index in [1.807, 2.05) is 81.4 Å². The van der Waals surface area contributed by atoms with Crippen molar-refractivity contribution in [3.63, 3.8) is 0 Å². The van der Waals surface area contributed by atoms with Crippen LogP contribution in [0.15, 0.2) is 60.7 Å². The van der Waals surface area contributed by atoms with Gasteiger partial charge in [0.1, 0.15) is 19.3 Å². The number of carbonyl (C=O) groups excluding carboxylic acids is 3. The predicted molar refractivity (Wildman–Crippen MR) is 128 cm³/mol. The Hall–Kier alpha value is -2.90. The Morgan fingerprint density at radius 2 is 1.36 bits per heavy atom. The minimum absolute atomic E-state index is 0. The average Bonchev–Trinajstić information content (AvgIpc) is 2.78. The molecule has 33 heavy (non-hydrogen) atoms. The maximum atomic E-state index is 12.7. The van der Waals surface area contributed by atoms with E-state index in [2.05, 4.69) is 5.32 Å².